The number of hydrogen-bond acceptors (Lipinski definition) is 3. The van der Waals surface area contributed by atoms with Crippen LogP contribution in [0.25, 0.3) is 0 Å². The van der Waals surface area contributed by atoms with Gasteiger partial charge in [0.1, 0.15) is 5.69 Å². The fourth-order valence-electron chi connectivity index (χ4n) is 2.39. The molecule has 0 aliphatic carbocycles. The van der Waals surface area contributed by atoms with Gasteiger partial charge in [-0.2, -0.15) is 0 Å². The Labute approximate surface area is 140 Å². The zero-order valence-corrected chi connectivity index (χ0v) is 14.3. The number of benzene rings is 1. The number of amides is 1. The number of H-pyrrole nitrogens is 1. The van der Waals surface area contributed by atoms with Gasteiger partial charge in [0.05, 0.1) is 22.9 Å². The first-order valence-corrected chi connectivity index (χ1v) is 7.66. The van der Waals surface area contributed by atoms with Gasteiger partial charge in [0.25, 0.3) is 5.91 Å². The molecule has 2 N–H and O–H groups in total. The average Bonchev–Trinajstić information content (AvgIpc) is 2.77. The third kappa shape index (κ3) is 3.56. The van der Waals surface area contributed by atoms with Crippen LogP contribution in [0.2, 0.25) is 5.02 Å². The molecule has 2 rings (SSSR count). The molecule has 0 spiro atoms. The molecule has 23 heavy (non-hydrogen) atoms. The lowest BCUT2D eigenvalue weighted by molar-refractivity contribution is 0.0525. The van der Waals surface area contributed by atoms with Gasteiger partial charge in [-0.05, 0) is 51.0 Å². The number of ether oxygens (including phenoxy) is 1. The van der Waals surface area contributed by atoms with Crippen molar-refractivity contribution < 1.29 is 14.3 Å². The highest BCUT2D eigenvalue weighted by Crippen LogP contribution is 2.25. The summed E-state index contributed by atoms with van der Waals surface area (Å²) in [6.07, 6.45) is 0. The lowest BCUT2D eigenvalue weighted by atomic mass is 10.1. The SMILES string of the molecule is CCOC(=O)c1c(C)[nH]c(C(=O)Nc2ccc(C)cc2Cl)c1C. The Bertz CT molecular complexity index is 765. The number of esters is 1. The van der Waals surface area contributed by atoms with Crippen LogP contribution in [-0.4, -0.2) is 23.5 Å². The van der Waals surface area contributed by atoms with Crippen molar-refractivity contribution in [2.24, 2.45) is 0 Å². The van der Waals surface area contributed by atoms with E-state index in [0.29, 0.717) is 33.2 Å². The van der Waals surface area contributed by atoms with E-state index in [4.69, 9.17) is 16.3 Å². The quantitative estimate of drug-likeness (QED) is 0.829. The topological polar surface area (TPSA) is 71.2 Å². The normalized spacial score (nSPS) is 10.5. The second-order valence-electron chi connectivity index (χ2n) is 5.28. The van der Waals surface area contributed by atoms with E-state index in [9.17, 15) is 9.59 Å². The number of anilines is 1. The Balaban J connectivity index is 2.30. The molecule has 0 saturated heterocycles. The molecular formula is C17H19ClN2O3. The van der Waals surface area contributed by atoms with E-state index in [0.717, 1.165) is 5.56 Å². The molecule has 6 heteroatoms. The molecule has 1 aromatic heterocycles. The number of aryl methyl sites for hydroxylation is 2. The Hall–Kier alpha value is -2.27. The van der Waals surface area contributed by atoms with E-state index in [-0.39, 0.29) is 12.5 Å². The molecule has 0 atom stereocenters. The van der Waals surface area contributed by atoms with Crippen molar-refractivity contribution >= 4 is 29.2 Å². The van der Waals surface area contributed by atoms with Gasteiger partial charge in [-0.15, -0.1) is 0 Å². The maximum atomic E-state index is 12.5. The molecule has 0 unspecified atom stereocenters. The van der Waals surface area contributed by atoms with E-state index < -0.39 is 5.97 Å². The molecule has 122 valence electrons. The van der Waals surface area contributed by atoms with Gasteiger partial charge < -0.3 is 15.0 Å². The van der Waals surface area contributed by atoms with Gasteiger partial charge >= 0.3 is 5.97 Å². The molecule has 1 heterocycles. The van der Waals surface area contributed by atoms with Crippen LogP contribution in [0.15, 0.2) is 18.2 Å². The van der Waals surface area contributed by atoms with E-state index in [1.54, 1.807) is 32.9 Å². The fraction of sp³-hybridized carbons (Fsp3) is 0.294. The van der Waals surface area contributed by atoms with Crippen LogP contribution in [-0.2, 0) is 4.74 Å². The zero-order chi connectivity index (χ0) is 17.1. The first-order valence-electron chi connectivity index (χ1n) is 7.29. The minimum absolute atomic E-state index is 0.281. The molecule has 5 nitrogen and oxygen atoms in total. The molecule has 0 aliphatic heterocycles. The third-order valence-electron chi connectivity index (χ3n) is 3.52. The first kappa shape index (κ1) is 17.1. The van der Waals surface area contributed by atoms with E-state index in [1.807, 2.05) is 13.0 Å². The summed E-state index contributed by atoms with van der Waals surface area (Å²) in [5, 5.41) is 3.21. The molecule has 0 fully saturated rings. The Kier molecular flexibility index (Phi) is 5.11. The summed E-state index contributed by atoms with van der Waals surface area (Å²) in [5.74, 6) is -0.793. The number of rotatable bonds is 4. The van der Waals surface area contributed by atoms with Crippen LogP contribution >= 0.6 is 11.6 Å². The van der Waals surface area contributed by atoms with Crippen molar-refractivity contribution in [2.75, 3.05) is 11.9 Å². The van der Waals surface area contributed by atoms with Crippen LogP contribution in [0.4, 0.5) is 5.69 Å². The predicted molar refractivity (Wildman–Crippen MR) is 90.4 cm³/mol. The number of nitrogens with one attached hydrogen (secondary N) is 2. The standard InChI is InChI=1S/C17H19ClN2O3/c1-5-23-17(22)14-10(3)15(19-11(14)4)16(21)20-13-7-6-9(2)8-12(13)18/h6-8,19H,5H2,1-4H3,(H,20,21). The van der Waals surface area contributed by atoms with Gasteiger partial charge in [-0.25, -0.2) is 4.79 Å². The number of aromatic amines is 1. The van der Waals surface area contributed by atoms with Gasteiger partial charge in [0.15, 0.2) is 0 Å². The van der Waals surface area contributed by atoms with Crippen molar-refractivity contribution in [1.82, 2.24) is 4.98 Å². The summed E-state index contributed by atoms with van der Waals surface area (Å²) in [5.41, 5.74) is 3.40. The van der Waals surface area contributed by atoms with Crippen LogP contribution in [0.5, 0.6) is 0 Å². The summed E-state index contributed by atoms with van der Waals surface area (Å²) in [6.45, 7) is 7.38. The van der Waals surface area contributed by atoms with Crippen LogP contribution < -0.4 is 5.32 Å². The number of carbonyl (C=O) groups is 2. The van der Waals surface area contributed by atoms with Crippen molar-refractivity contribution in [3.8, 4) is 0 Å². The Morgan fingerprint density at radius 1 is 1.26 bits per heavy atom. The molecule has 0 aliphatic rings. The smallest absolute Gasteiger partial charge is 0.340 e. The molecule has 0 bridgehead atoms. The van der Waals surface area contributed by atoms with Gasteiger partial charge in [0, 0.05) is 5.69 Å². The lowest BCUT2D eigenvalue weighted by Gasteiger charge is -2.08. The highest BCUT2D eigenvalue weighted by Gasteiger charge is 2.23. The van der Waals surface area contributed by atoms with Crippen LogP contribution in [0.1, 0.15) is 44.6 Å². The second kappa shape index (κ2) is 6.87. The number of halogens is 1. The minimum Gasteiger partial charge on any atom is -0.462 e. The van der Waals surface area contributed by atoms with E-state index in [2.05, 4.69) is 10.3 Å². The fourth-order valence-corrected chi connectivity index (χ4v) is 2.68. The van der Waals surface area contributed by atoms with Gasteiger partial charge in [-0.1, -0.05) is 17.7 Å². The first-order chi connectivity index (χ1) is 10.8. The largest absolute Gasteiger partial charge is 0.462 e. The minimum atomic E-state index is -0.439. The summed E-state index contributed by atoms with van der Waals surface area (Å²) >= 11 is 6.13. The lowest BCUT2D eigenvalue weighted by Crippen LogP contribution is -2.14. The summed E-state index contributed by atoms with van der Waals surface area (Å²) < 4.78 is 5.02. The number of carbonyl (C=O) groups excluding carboxylic acids is 2. The summed E-state index contributed by atoms with van der Waals surface area (Å²) in [4.78, 5) is 27.4. The molecule has 0 radical (unpaired) electrons. The monoisotopic (exact) mass is 334 g/mol. The molecule has 2 aromatic rings. The highest BCUT2D eigenvalue weighted by molar-refractivity contribution is 6.34. The Morgan fingerprint density at radius 3 is 2.57 bits per heavy atom. The third-order valence-corrected chi connectivity index (χ3v) is 3.83. The predicted octanol–water partition coefficient (Wildman–Crippen LogP) is 4.02. The maximum absolute atomic E-state index is 12.5. The van der Waals surface area contributed by atoms with Crippen LogP contribution in [0.3, 0.4) is 0 Å². The summed E-state index contributed by atoms with van der Waals surface area (Å²) in [6, 6.07) is 5.37. The van der Waals surface area contributed by atoms with Crippen molar-refractivity contribution in [3.63, 3.8) is 0 Å². The van der Waals surface area contributed by atoms with Crippen LogP contribution in [0, 0.1) is 20.8 Å². The molecular weight excluding hydrogens is 316 g/mol. The van der Waals surface area contributed by atoms with Crippen molar-refractivity contribution in [1.29, 1.82) is 0 Å². The zero-order valence-electron chi connectivity index (χ0n) is 13.5. The number of aromatic nitrogens is 1. The van der Waals surface area contributed by atoms with E-state index >= 15 is 0 Å². The second-order valence-corrected chi connectivity index (χ2v) is 5.69. The highest BCUT2D eigenvalue weighted by atomic mass is 35.5. The van der Waals surface area contributed by atoms with E-state index in [1.165, 1.54) is 0 Å². The maximum Gasteiger partial charge on any atom is 0.340 e. The molecule has 1 amide bonds. The Morgan fingerprint density at radius 2 is 1.96 bits per heavy atom. The average molecular weight is 335 g/mol. The van der Waals surface area contributed by atoms with Crippen molar-refractivity contribution in [2.45, 2.75) is 27.7 Å². The van der Waals surface area contributed by atoms with Gasteiger partial charge in [0.2, 0.25) is 0 Å². The van der Waals surface area contributed by atoms with Crippen molar-refractivity contribution in [3.05, 3.63) is 51.3 Å². The molecule has 0 saturated carbocycles. The molecule has 1 aromatic carbocycles. The number of hydrogen-bond donors (Lipinski definition) is 2. The summed E-state index contributed by atoms with van der Waals surface area (Å²) in [7, 11) is 0. The van der Waals surface area contributed by atoms with Gasteiger partial charge in [-0.3, -0.25) is 4.79 Å².